The number of aromatic nitrogens is 2. The molecule has 0 bridgehead atoms. The minimum Gasteiger partial charge on any atom is -0.340 e. The van der Waals surface area contributed by atoms with Crippen molar-refractivity contribution in [3.05, 3.63) is 71.7 Å². The summed E-state index contributed by atoms with van der Waals surface area (Å²) in [6, 6.07) is 14.1. The van der Waals surface area contributed by atoms with Crippen LogP contribution in [0.3, 0.4) is 0 Å². The number of hydrogen-bond acceptors (Lipinski definition) is 3. The van der Waals surface area contributed by atoms with Crippen LogP contribution in [0, 0.1) is 12.7 Å². The summed E-state index contributed by atoms with van der Waals surface area (Å²) in [6.07, 6.45) is 4.22. The van der Waals surface area contributed by atoms with Crippen LogP contribution in [-0.2, 0) is 0 Å². The molecule has 2 aromatic carbocycles. The van der Waals surface area contributed by atoms with E-state index in [1.54, 1.807) is 27.9 Å². The van der Waals surface area contributed by atoms with Gasteiger partial charge in [-0.2, -0.15) is 5.10 Å². The molecular weight excluding hydrogens is 379 g/mol. The quantitative estimate of drug-likeness (QED) is 0.617. The van der Waals surface area contributed by atoms with E-state index in [0.29, 0.717) is 23.5 Å². The van der Waals surface area contributed by atoms with E-state index < -0.39 is 0 Å². The van der Waals surface area contributed by atoms with Crippen molar-refractivity contribution in [2.75, 3.05) is 33.2 Å². The van der Waals surface area contributed by atoms with E-state index in [-0.39, 0.29) is 11.7 Å². The Balaban J connectivity index is 1.65. The van der Waals surface area contributed by atoms with Crippen LogP contribution in [-0.4, -0.2) is 58.7 Å². The first-order valence-corrected chi connectivity index (χ1v) is 10.4. The van der Waals surface area contributed by atoms with E-state index in [1.165, 1.54) is 25.0 Å². The van der Waals surface area contributed by atoms with Gasteiger partial charge in [0.2, 0.25) is 0 Å². The normalized spacial score (nSPS) is 14.2. The van der Waals surface area contributed by atoms with Gasteiger partial charge in [0.25, 0.3) is 5.91 Å². The number of carbonyl (C=O) groups excluding carboxylic acids is 1. The standard InChI is InChI=1S/C24H27FN4O/c1-18-6-5-7-19(16-18)23-22(17-29(26-23)21-10-8-20(25)9-11-21)24(30)27(2)14-15-28-12-3-4-13-28/h5-11,16-17H,3-4,12-15H2,1-2H3. The third-order valence-electron chi connectivity index (χ3n) is 5.62. The Kier molecular flexibility index (Phi) is 5.95. The maximum atomic E-state index is 13.3. The summed E-state index contributed by atoms with van der Waals surface area (Å²) in [6.45, 7) is 5.80. The maximum Gasteiger partial charge on any atom is 0.257 e. The van der Waals surface area contributed by atoms with Gasteiger partial charge in [-0.25, -0.2) is 9.07 Å². The summed E-state index contributed by atoms with van der Waals surface area (Å²) in [5.74, 6) is -0.359. The van der Waals surface area contributed by atoms with E-state index in [0.717, 1.165) is 30.8 Å². The molecule has 6 heteroatoms. The lowest BCUT2D eigenvalue weighted by Crippen LogP contribution is -2.35. The summed E-state index contributed by atoms with van der Waals surface area (Å²) in [5, 5.41) is 4.70. The molecule has 0 unspecified atom stereocenters. The summed E-state index contributed by atoms with van der Waals surface area (Å²) < 4.78 is 15.0. The minimum absolute atomic E-state index is 0.0564. The predicted octanol–water partition coefficient (Wildman–Crippen LogP) is 4.15. The van der Waals surface area contributed by atoms with Crippen LogP contribution < -0.4 is 0 Å². The van der Waals surface area contributed by atoms with E-state index >= 15 is 0 Å². The van der Waals surface area contributed by atoms with Gasteiger partial charge in [0, 0.05) is 31.9 Å². The molecule has 0 N–H and O–H groups in total. The average molecular weight is 407 g/mol. The van der Waals surface area contributed by atoms with Crippen LogP contribution in [0.5, 0.6) is 0 Å². The lowest BCUT2D eigenvalue weighted by atomic mass is 10.1. The first-order valence-electron chi connectivity index (χ1n) is 10.4. The smallest absolute Gasteiger partial charge is 0.257 e. The average Bonchev–Trinajstić information content (AvgIpc) is 3.42. The highest BCUT2D eigenvalue weighted by Gasteiger charge is 2.22. The van der Waals surface area contributed by atoms with Crippen LogP contribution in [0.2, 0.25) is 0 Å². The van der Waals surface area contributed by atoms with Crippen molar-refractivity contribution in [3.63, 3.8) is 0 Å². The Hall–Kier alpha value is -2.99. The van der Waals surface area contributed by atoms with Gasteiger partial charge in [0.1, 0.15) is 11.5 Å². The fourth-order valence-corrected chi connectivity index (χ4v) is 3.87. The van der Waals surface area contributed by atoms with E-state index in [1.807, 2.05) is 38.2 Å². The van der Waals surface area contributed by atoms with Gasteiger partial charge < -0.3 is 9.80 Å². The highest BCUT2D eigenvalue weighted by molar-refractivity contribution is 5.99. The number of aryl methyl sites for hydroxylation is 1. The van der Waals surface area contributed by atoms with E-state index in [2.05, 4.69) is 4.90 Å². The summed E-state index contributed by atoms with van der Waals surface area (Å²) >= 11 is 0. The Morgan fingerprint density at radius 2 is 1.87 bits per heavy atom. The fourth-order valence-electron chi connectivity index (χ4n) is 3.87. The maximum absolute atomic E-state index is 13.3. The number of nitrogens with zero attached hydrogens (tertiary/aromatic N) is 4. The Labute approximate surface area is 176 Å². The second-order valence-electron chi connectivity index (χ2n) is 7.96. The lowest BCUT2D eigenvalue weighted by molar-refractivity contribution is 0.0783. The van der Waals surface area contributed by atoms with E-state index in [4.69, 9.17) is 5.10 Å². The summed E-state index contributed by atoms with van der Waals surface area (Å²) in [4.78, 5) is 17.5. The number of halogens is 1. The molecule has 0 atom stereocenters. The second-order valence-corrected chi connectivity index (χ2v) is 7.96. The number of likely N-dealkylation sites (N-methyl/N-ethyl adjacent to an activating group) is 1. The zero-order valence-corrected chi connectivity index (χ0v) is 17.5. The number of rotatable bonds is 6. The van der Waals surface area contributed by atoms with Crippen molar-refractivity contribution in [2.45, 2.75) is 19.8 Å². The predicted molar refractivity (Wildman–Crippen MR) is 116 cm³/mol. The molecule has 0 saturated carbocycles. The number of amides is 1. The summed E-state index contributed by atoms with van der Waals surface area (Å²) in [7, 11) is 1.84. The molecule has 0 aliphatic carbocycles. The molecule has 1 aromatic heterocycles. The molecule has 1 fully saturated rings. The van der Waals surface area contributed by atoms with Crippen molar-refractivity contribution in [2.24, 2.45) is 0 Å². The third-order valence-corrected chi connectivity index (χ3v) is 5.62. The molecule has 1 aliphatic heterocycles. The van der Waals surface area contributed by atoms with Crippen molar-refractivity contribution < 1.29 is 9.18 Å². The Morgan fingerprint density at radius 3 is 2.57 bits per heavy atom. The van der Waals surface area contributed by atoms with Gasteiger partial charge in [0.15, 0.2) is 0 Å². The minimum atomic E-state index is -0.303. The molecule has 1 aliphatic rings. The number of hydrogen-bond donors (Lipinski definition) is 0. The van der Waals surface area contributed by atoms with Crippen molar-refractivity contribution in [3.8, 4) is 16.9 Å². The van der Waals surface area contributed by atoms with Crippen molar-refractivity contribution >= 4 is 5.91 Å². The van der Waals surface area contributed by atoms with Gasteiger partial charge in [-0.3, -0.25) is 4.79 Å². The largest absolute Gasteiger partial charge is 0.340 e. The van der Waals surface area contributed by atoms with Gasteiger partial charge in [0.05, 0.1) is 11.3 Å². The van der Waals surface area contributed by atoms with Crippen LogP contribution in [0.4, 0.5) is 4.39 Å². The molecule has 1 saturated heterocycles. The van der Waals surface area contributed by atoms with E-state index in [9.17, 15) is 9.18 Å². The zero-order valence-electron chi connectivity index (χ0n) is 17.5. The van der Waals surface area contributed by atoms with Gasteiger partial charge in [-0.05, 0) is 63.2 Å². The Bertz CT molecular complexity index is 1020. The molecule has 30 heavy (non-hydrogen) atoms. The summed E-state index contributed by atoms with van der Waals surface area (Å²) in [5.41, 5.74) is 3.90. The number of carbonyl (C=O) groups is 1. The van der Waals surface area contributed by atoms with Gasteiger partial charge in [-0.1, -0.05) is 23.8 Å². The lowest BCUT2D eigenvalue weighted by Gasteiger charge is -2.21. The van der Waals surface area contributed by atoms with Gasteiger partial charge >= 0.3 is 0 Å². The molecule has 4 rings (SSSR count). The zero-order chi connectivity index (χ0) is 21.1. The van der Waals surface area contributed by atoms with Crippen molar-refractivity contribution in [1.29, 1.82) is 0 Å². The monoisotopic (exact) mass is 406 g/mol. The molecule has 5 nitrogen and oxygen atoms in total. The second kappa shape index (κ2) is 8.79. The van der Waals surface area contributed by atoms with Crippen LogP contribution in [0.15, 0.2) is 54.7 Å². The molecule has 0 radical (unpaired) electrons. The highest BCUT2D eigenvalue weighted by Crippen LogP contribution is 2.26. The topological polar surface area (TPSA) is 41.4 Å². The van der Waals surface area contributed by atoms with Crippen LogP contribution in [0.25, 0.3) is 16.9 Å². The van der Waals surface area contributed by atoms with Crippen LogP contribution in [0.1, 0.15) is 28.8 Å². The van der Waals surface area contributed by atoms with Gasteiger partial charge in [-0.15, -0.1) is 0 Å². The molecular formula is C24H27FN4O. The number of benzene rings is 2. The molecule has 0 spiro atoms. The van der Waals surface area contributed by atoms with Crippen LogP contribution >= 0.6 is 0 Å². The SMILES string of the molecule is Cc1cccc(-c2nn(-c3ccc(F)cc3)cc2C(=O)N(C)CCN2CCCC2)c1. The highest BCUT2D eigenvalue weighted by atomic mass is 19.1. The fraction of sp³-hybridized carbons (Fsp3) is 0.333. The first kappa shape index (κ1) is 20.3. The molecule has 156 valence electrons. The molecule has 1 amide bonds. The molecule has 3 aromatic rings. The first-order chi connectivity index (χ1) is 14.5. The third kappa shape index (κ3) is 4.44. The van der Waals surface area contributed by atoms with Crippen molar-refractivity contribution in [1.82, 2.24) is 19.6 Å². The molecule has 2 heterocycles. The Morgan fingerprint density at radius 1 is 1.13 bits per heavy atom. The number of likely N-dealkylation sites (tertiary alicyclic amines) is 1.